The second kappa shape index (κ2) is 6.78. The topological polar surface area (TPSA) is 86.1 Å². The van der Waals surface area contributed by atoms with Crippen molar-refractivity contribution in [2.45, 2.75) is 19.8 Å². The lowest BCUT2D eigenvalue weighted by atomic mass is 9.84. The van der Waals surface area contributed by atoms with E-state index in [1.807, 2.05) is 62.4 Å². The first-order valence-electron chi connectivity index (χ1n) is 8.91. The smallest absolute Gasteiger partial charge is 0.229 e. The van der Waals surface area contributed by atoms with Gasteiger partial charge in [0.25, 0.3) is 0 Å². The molecule has 0 saturated heterocycles. The van der Waals surface area contributed by atoms with Gasteiger partial charge in [0.15, 0.2) is 0 Å². The Hall–Kier alpha value is -3.72. The first-order valence-corrected chi connectivity index (χ1v) is 8.91. The van der Waals surface area contributed by atoms with E-state index in [-0.39, 0.29) is 11.8 Å². The zero-order chi connectivity index (χ0) is 19.8. The third kappa shape index (κ3) is 2.78. The van der Waals surface area contributed by atoms with Crippen molar-refractivity contribution in [3.63, 3.8) is 0 Å². The predicted molar refractivity (Wildman–Crippen MR) is 105 cm³/mol. The third-order valence-corrected chi connectivity index (χ3v) is 4.96. The van der Waals surface area contributed by atoms with Gasteiger partial charge in [-0.15, -0.1) is 0 Å². The fourth-order valence-corrected chi connectivity index (χ4v) is 3.50. The highest BCUT2D eigenvalue weighted by molar-refractivity contribution is 5.57. The van der Waals surface area contributed by atoms with Crippen LogP contribution in [0.2, 0.25) is 0 Å². The predicted octanol–water partition coefficient (Wildman–Crippen LogP) is 3.72. The molecule has 0 unspecified atom stereocenters. The van der Waals surface area contributed by atoms with Crippen LogP contribution in [0.4, 0.5) is 0 Å². The molecule has 0 radical (unpaired) electrons. The Bertz CT molecular complexity index is 1100. The number of benzene rings is 2. The number of nitriles is 1. The number of fused-ring (bicyclic) bond motifs is 1. The normalized spacial score (nSPS) is 15.6. The fraction of sp³-hybridized carbons (Fsp3) is 0.182. The Kier molecular flexibility index (Phi) is 4.28. The summed E-state index contributed by atoms with van der Waals surface area (Å²) in [5.74, 6) is 1.04. The average molecular weight is 372 g/mol. The van der Waals surface area contributed by atoms with Gasteiger partial charge in [0.2, 0.25) is 11.8 Å². The van der Waals surface area contributed by atoms with Crippen LogP contribution in [0.1, 0.15) is 28.3 Å². The van der Waals surface area contributed by atoms with E-state index >= 15 is 0 Å². The summed E-state index contributed by atoms with van der Waals surface area (Å²) < 4.78 is 12.9. The molecule has 0 aliphatic carbocycles. The molecule has 0 saturated carbocycles. The third-order valence-electron chi connectivity index (χ3n) is 4.96. The Balaban J connectivity index is 1.91. The van der Waals surface area contributed by atoms with Crippen molar-refractivity contribution in [3.8, 4) is 23.4 Å². The fourth-order valence-electron chi connectivity index (χ4n) is 3.50. The maximum atomic E-state index is 9.75. The van der Waals surface area contributed by atoms with Gasteiger partial charge >= 0.3 is 0 Å². The Morgan fingerprint density at radius 3 is 2.39 bits per heavy atom. The van der Waals surface area contributed by atoms with Gasteiger partial charge in [-0.25, -0.2) is 4.68 Å². The van der Waals surface area contributed by atoms with E-state index in [1.54, 1.807) is 11.8 Å². The summed E-state index contributed by atoms with van der Waals surface area (Å²) in [4.78, 5) is 0. The molecule has 0 amide bonds. The molecule has 0 spiro atoms. The second-order valence-electron chi connectivity index (χ2n) is 6.75. The zero-order valence-electron chi connectivity index (χ0n) is 15.9. The molecule has 4 rings (SSSR count). The Morgan fingerprint density at radius 2 is 1.79 bits per heavy atom. The molecule has 0 bridgehead atoms. The molecule has 6 heteroatoms. The van der Waals surface area contributed by atoms with E-state index in [4.69, 9.17) is 15.2 Å². The molecule has 3 aromatic rings. The Morgan fingerprint density at radius 1 is 1.11 bits per heavy atom. The van der Waals surface area contributed by atoms with Crippen LogP contribution in [0.5, 0.6) is 11.6 Å². The molecule has 1 aromatic heterocycles. The number of aryl methyl sites for hydroxylation is 2. The van der Waals surface area contributed by atoms with Crippen molar-refractivity contribution >= 4 is 0 Å². The highest BCUT2D eigenvalue weighted by Gasteiger charge is 2.36. The zero-order valence-corrected chi connectivity index (χ0v) is 15.9. The number of hydrogen-bond donors (Lipinski definition) is 1. The molecule has 1 aliphatic rings. The van der Waals surface area contributed by atoms with E-state index < -0.39 is 0 Å². The number of ether oxygens (including phenoxy) is 2. The van der Waals surface area contributed by atoms with E-state index in [0.29, 0.717) is 11.5 Å². The highest BCUT2D eigenvalue weighted by atomic mass is 16.5. The average Bonchev–Trinajstić information content (AvgIpc) is 3.03. The maximum Gasteiger partial charge on any atom is 0.229 e. The van der Waals surface area contributed by atoms with Crippen LogP contribution in [0.15, 0.2) is 60.0 Å². The lowest BCUT2D eigenvalue weighted by molar-refractivity contribution is 0.367. The lowest BCUT2D eigenvalue weighted by Gasteiger charge is -2.25. The largest absolute Gasteiger partial charge is 0.497 e. The lowest BCUT2D eigenvalue weighted by Crippen LogP contribution is -2.22. The quantitative estimate of drug-likeness (QED) is 0.757. The van der Waals surface area contributed by atoms with Crippen LogP contribution in [0.3, 0.4) is 0 Å². The molecular weight excluding hydrogens is 352 g/mol. The number of rotatable bonds is 3. The SMILES string of the molecule is COc1ccc([C@H]2C(C#N)=C(N)Oc3c2c(C)nn3-c2ccc(C)cc2)cc1. The molecule has 0 fully saturated rings. The van der Waals surface area contributed by atoms with E-state index in [0.717, 1.165) is 33.8 Å². The minimum atomic E-state index is -0.348. The van der Waals surface area contributed by atoms with Crippen molar-refractivity contribution < 1.29 is 9.47 Å². The monoisotopic (exact) mass is 372 g/mol. The molecule has 1 aliphatic heterocycles. The van der Waals surface area contributed by atoms with Crippen molar-refractivity contribution in [3.05, 3.63) is 82.4 Å². The van der Waals surface area contributed by atoms with Crippen molar-refractivity contribution in [1.29, 1.82) is 5.26 Å². The standard InChI is InChI=1S/C22H20N4O2/c1-13-4-8-16(9-5-13)26-22-19(14(2)25-26)20(18(12-23)21(24)28-22)15-6-10-17(27-3)11-7-15/h4-11,20H,24H2,1-3H3/t20-/m0/s1. The first-order chi connectivity index (χ1) is 13.5. The summed E-state index contributed by atoms with van der Waals surface area (Å²) in [5.41, 5.74) is 11.1. The Labute approximate surface area is 163 Å². The van der Waals surface area contributed by atoms with Crippen LogP contribution in [-0.2, 0) is 0 Å². The van der Waals surface area contributed by atoms with E-state index in [9.17, 15) is 5.26 Å². The van der Waals surface area contributed by atoms with Crippen LogP contribution >= 0.6 is 0 Å². The van der Waals surface area contributed by atoms with Crippen molar-refractivity contribution in [2.24, 2.45) is 5.73 Å². The van der Waals surface area contributed by atoms with Crippen molar-refractivity contribution in [2.75, 3.05) is 7.11 Å². The number of allylic oxidation sites excluding steroid dienone is 1. The molecule has 28 heavy (non-hydrogen) atoms. The molecule has 2 N–H and O–H groups in total. The summed E-state index contributed by atoms with van der Waals surface area (Å²) in [6.45, 7) is 3.95. The molecule has 140 valence electrons. The second-order valence-corrected chi connectivity index (χ2v) is 6.75. The highest BCUT2D eigenvalue weighted by Crippen LogP contribution is 2.44. The number of methoxy groups -OCH3 is 1. The van der Waals surface area contributed by atoms with Crippen LogP contribution < -0.4 is 15.2 Å². The first kappa shape index (κ1) is 17.7. The molecular formula is C22H20N4O2. The molecule has 6 nitrogen and oxygen atoms in total. The van der Waals surface area contributed by atoms with Crippen LogP contribution in [-0.4, -0.2) is 16.9 Å². The number of nitrogens with zero attached hydrogens (tertiary/aromatic N) is 3. The van der Waals surface area contributed by atoms with Crippen LogP contribution in [0, 0.1) is 25.2 Å². The maximum absolute atomic E-state index is 9.75. The van der Waals surface area contributed by atoms with E-state index in [2.05, 4.69) is 11.2 Å². The van der Waals surface area contributed by atoms with Gasteiger partial charge in [-0.2, -0.15) is 10.4 Å². The van der Waals surface area contributed by atoms with Gasteiger partial charge in [0.1, 0.15) is 17.4 Å². The number of hydrogen-bond acceptors (Lipinski definition) is 5. The number of nitrogens with two attached hydrogens (primary N) is 1. The molecule has 1 atom stereocenters. The minimum Gasteiger partial charge on any atom is -0.497 e. The summed E-state index contributed by atoms with van der Waals surface area (Å²) in [7, 11) is 1.62. The summed E-state index contributed by atoms with van der Waals surface area (Å²) in [6.07, 6.45) is 0. The van der Waals surface area contributed by atoms with Gasteiger partial charge < -0.3 is 15.2 Å². The number of aromatic nitrogens is 2. The summed E-state index contributed by atoms with van der Waals surface area (Å²) in [5, 5.41) is 14.4. The summed E-state index contributed by atoms with van der Waals surface area (Å²) >= 11 is 0. The van der Waals surface area contributed by atoms with Gasteiger partial charge in [0.05, 0.1) is 30.0 Å². The van der Waals surface area contributed by atoms with E-state index in [1.165, 1.54) is 0 Å². The molecule has 2 aromatic carbocycles. The van der Waals surface area contributed by atoms with Gasteiger partial charge in [-0.1, -0.05) is 29.8 Å². The van der Waals surface area contributed by atoms with Crippen molar-refractivity contribution in [1.82, 2.24) is 9.78 Å². The van der Waals surface area contributed by atoms with Gasteiger partial charge in [-0.05, 0) is 43.7 Å². The van der Waals surface area contributed by atoms with Crippen LogP contribution in [0.25, 0.3) is 5.69 Å². The van der Waals surface area contributed by atoms with Gasteiger partial charge in [-0.3, -0.25) is 0 Å². The summed E-state index contributed by atoms with van der Waals surface area (Å²) in [6, 6.07) is 17.8. The van der Waals surface area contributed by atoms with Gasteiger partial charge in [0, 0.05) is 0 Å². The molecule has 2 heterocycles. The minimum absolute atomic E-state index is 0.101.